The van der Waals surface area contributed by atoms with Crippen LogP contribution >= 0.6 is 0 Å². The van der Waals surface area contributed by atoms with E-state index in [9.17, 15) is 46.7 Å². The van der Waals surface area contributed by atoms with Crippen molar-refractivity contribution in [2.24, 2.45) is 7.05 Å². The van der Waals surface area contributed by atoms with Crippen molar-refractivity contribution >= 4 is 124 Å². The van der Waals surface area contributed by atoms with E-state index in [2.05, 4.69) is 296 Å². The van der Waals surface area contributed by atoms with Crippen LogP contribution in [0.15, 0.2) is 176 Å². The molecule has 6 amide bonds. The minimum Gasteiger partial charge on any atom is -0.355 e. The number of aromatic nitrogens is 12. The molecule has 0 radical (unpaired) electrons. The molecular formula is C114H149F3N18O7. The van der Waals surface area contributed by atoms with Crippen LogP contribution in [0.4, 0.5) is 30.6 Å². The van der Waals surface area contributed by atoms with Crippen LogP contribution in [0.1, 0.15) is 361 Å². The first-order chi connectivity index (χ1) is 66.8. The van der Waals surface area contributed by atoms with Crippen LogP contribution in [0.3, 0.4) is 0 Å². The van der Waals surface area contributed by atoms with Gasteiger partial charge in [0.25, 0.3) is 29.5 Å². The van der Waals surface area contributed by atoms with Crippen LogP contribution in [0.5, 0.6) is 0 Å². The number of alkyl halides is 3. The van der Waals surface area contributed by atoms with Gasteiger partial charge in [-0.15, -0.1) is 0 Å². The van der Waals surface area contributed by atoms with E-state index in [-0.39, 0.29) is 66.2 Å². The molecule has 0 bridgehead atoms. The predicted molar refractivity (Wildman–Crippen MR) is 572 cm³/mol. The van der Waals surface area contributed by atoms with Crippen molar-refractivity contribution in [2.45, 2.75) is 303 Å². The summed E-state index contributed by atoms with van der Waals surface area (Å²) in [5.74, 6) is 3.31. The smallest absolute Gasteiger partial charge is 0.355 e. The van der Waals surface area contributed by atoms with Gasteiger partial charge >= 0.3 is 6.18 Å². The van der Waals surface area contributed by atoms with Gasteiger partial charge in [0.1, 0.15) is 12.3 Å². The maximum Gasteiger partial charge on any atom is 0.390 e. The lowest BCUT2D eigenvalue weighted by atomic mass is 10.1. The molecule has 0 saturated heterocycles. The van der Waals surface area contributed by atoms with E-state index >= 15 is 0 Å². The lowest BCUT2D eigenvalue weighted by Gasteiger charge is -2.17. The number of benzene rings is 6. The summed E-state index contributed by atoms with van der Waals surface area (Å²) in [7, 11) is 6.92. The minimum atomic E-state index is -4.25. The fourth-order valence-corrected chi connectivity index (χ4v) is 18.1. The summed E-state index contributed by atoms with van der Waals surface area (Å²) in [6, 6.07) is 56.3. The Bertz CT molecular complexity index is 6990. The van der Waals surface area contributed by atoms with E-state index in [4.69, 9.17) is 0 Å². The zero-order valence-electron chi connectivity index (χ0n) is 88.8. The van der Waals surface area contributed by atoms with Crippen molar-refractivity contribution in [3.05, 3.63) is 249 Å². The molecule has 9 aromatic heterocycles. The summed E-state index contributed by atoms with van der Waals surface area (Å²) in [4.78, 5) is 86.6. The molecule has 0 spiro atoms. The average Bonchev–Trinajstić information content (AvgIpc) is 1.66. The number of carbonyl (C=O) groups is 7. The molecule has 0 aliphatic heterocycles. The van der Waals surface area contributed by atoms with Crippen molar-refractivity contribution in [1.82, 2.24) is 72.3 Å². The first kappa shape index (κ1) is 109. The van der Waals surface area contributed by atoms with Crippen molar-refractivity contribution in [3.8, 4) is 0 Å². The largest absolute Gasteiger partial charge is 0.390 e. The van der Waals surface area contributed by atoms with Crippen LogP contribution in [-0.2, 0) is 36.1 Å². The number of amides is 6. The lowest BCUT2D eigenvalue weighted by Crippen LogP contribution is -2.26. The van der Waals surface area contributed by atoms with Crippen molar-refractivity contribution in [3.63, 3.8) is 0 Å². The highest BCUT2D eigenvalue weighted by atomic mass is 19.4. The highest BCUT2D eigenvalue weighted by Crippen LogP contribution is 2.38. The molecule has 1 saturated carbocycles. The normalized spacial score (nSPS) is 12.3. The molecule has 1 fully saturated rings. The molecule has 6 aromatic carbocycles. The Hall–Kier alpha value is -13.5. The van der Waals surface area contributed by atoms with E-state index in [1.54, 1.807) is 51.1 Å². The van der Waals surface area contributed by atoms with E-state index in [0.717, 1.165) is 68.0 Å². The molecule has 25 nitrogen and oxygen atoms in total. The maximum absolute atomic E-state index is 12.8. The number of aryl methyl sites for hydroxylation is 3. The fourth-order valence-electron chi connectivity index (χ4n) is 18.1. The monoisotopic (exact) mass is 1940 g/mol. The summed E-state index contributed by atoms with van der Waals surface area (Å²) in [5.41, 5.74) is 19.7. The zero-order chi connectivity index (χ0) is 104. The van der Waals surface area contributed by atoms with Crippen molar-refractivity contribution in [2.75, 3.05) is 37.1 Å². The quantitative estimate of drug-likeness (QED) is 0.0325. The molecule has 15 aromatic rings. The van der Waals surface area contributed by atoms with Crippen LogP contribution < -0.4 is 26.6 Å². The van der Waals surface area contributed by atoms with Gasteiger partial charge in [-0.3, -0.25) is 47.6 Å². The van der Waals surface area contributed by atoms with Gasteiger partial charge in [-0.1, -0.05) is 126 Å². The molecule has 28 heteroatoms. The van der Waals surface area contributed by atoms with Crippen LogP contribution in [0.25, 0.3) is 65.4 Å². The Morgan fingerprint density at radius 3 is 0.937 bits per heavy atom. The van der Waals surface area contributed by atoms with Gasteiger partial charge in [0.05, 0.1) is 6.42 Å². The Morgan fingerprint density at radius 2 is 0.662 bits per heavy atom. The number of Topliss-reactive ketones (excluding diaryl/α,β-unsaturated/α-hetero) is 1. The van der Waals surface area contributed by atoms with Gasteiger partial charge in [-0.05, 0) is 286 Å². The standard InChI is InChI=1S/C22H29N5O2.C21H25F3N4O.C20H26N4O.C18H24N2O.C17H23NO.C16H22N2O/c1-14(2)18-11-16-7-8-17(12-19(16)27(18)15(3)4)22(29)23-20-9-10-26(24-20)13-21(28)25(5)6;1-13(2)17-11-15-5-6-16(12-18(15)28(17)14(3)4)20(29)25-19-7-9-27(26-19)10-8-21(22,23)24;1-12(2)17-10-15-7-8-16(11-18(15)24(17)13(3)4)20(25)21-19-9-14(5)23(6)22-19;1-11(2)16-9-13-5-6-14(18(21)19-15-7-8-15)10-17(13)20(16)12(3)4;1-11(2)16-10-15-7-6-14(8-13(5)19)9-17(15)18(16)12(3)4;1-10(2)14-8-12-6-7-13(16(19)17-5)9-15(12)18(14)11(3)4/h7-12,14-15H,13H2,1-6H3,(H,23,24,29);5-7,9,11-14H,8,10H2,1-4H3,(H,25,26,29);7-13H,1-6H3,(H,21,22,25);5-6,9-12,15H,7-8H2,1-4H3,(H,19,21);6-7,9-12H,8H2,1-5H3;6-11H,1-5H3,(H,17,19). The molecule has 16 rings (SSSR count). The van der Waals surface area contributed by atoms with E-state index in [1.165, 1.54) is 87.8 Å². The molecule has 1 aliphatic carbocycles. The third kappa shape index (κ3) is 26.6. The zero-order valence-corrected chi connectivity index (χ0v) is 88.8. The molecule has 758 valence electrons. The second-order valence-corrected chi connectivity index (χ2v) is 41.3. The summed E-state index contributed by atoms with van der Waals surface area (Å²) >= 11 is 0. The van der Waals surface area contributed by atoms with Gasteiger partial charge in [0.2, 0.25) is 5.91 Å². The number of halogens is 3. The Kier molecular flexibility index (Phi) is 35.6. The van der Waals surface area contributed by atoms with Crippen LogP contribution in [0, 0.1) is 6.92 Å². The number of nitrogens with zero attached hydrogens (tertiary/aromatic N) is 13. The molecule has 5 N–H and O–H groups in total. The first-order valence-electron chi connectivity index (χ1n) is 50.0. The number of ketones is 1. The summed E-state index contributed by atoms with van der Waals surface area (Å²) in [6.07, 6.45) is 0.647. The van der Waals surface area contributed by atoms with Gasteiger partial charge in [-0.2, -0.15) is 28.5 Å². The predicted octanol–water partition coefficient (Wildman–Crippen LogP) is 26.7. The van der Waals surface area contributed by atoms with E-state index in [1.807, 2.05) is 98.9 Å². The third-order valence-corrected chi connectivity index (χ3v) is 25.4. The second-order valence-electron chi connectivity index (χ2n) is 41.3. The SMILES string of the molecule is CC(=O)Cc1ccc2cc(C(C)C)n(C(C)C)c2c1.CC(C)c1cc2ccc(C(=O)NC3CC3)cc2n1C(C)C.CC(C)c1cc2ccc(C(=O)Nc3ccn(CC(=O)N(C)C)n3)cc2n1C(C)C.CC(C)c1cc2ccc(C(=O)Nc3ccn(CCC(F)(F)F)n3)cc2n1C(C)C.CNC(=O)c1ccc2cc(C(C)C)n(C(C)C)c2c1.Cc1cc(NC(=O)c2ccc3cc(C(C)C)n(C(C)C)c3c2)nn1C. The number of fused-ring (bicyclic) bond motifs is 6. The van der Waals surface area contributed by atoms with E-state index < -0.39 is 12.6 Å². The van der Waals surface area contributed by atoms with Crippen molar-refractivity contribution < 1.29 is 46.7 Å². The molecule has 9 heterocycles. The van der Waals surface area contributed by atoms with Gasteiger partial charge in [0.15, 0.2) is 17.5 Å². The molecular weight excluding hydrogens is 1790 g/mol. The highest BCUT2D eigenvalue weighted by Gasteiger charge is 2.30. The molecule has 0 unspecified atom stereocenters. The topological polar surface area (TPSA) is 266 Å². The van der Waals surface area contributed by atoms with Gasteiger partial charge in [0, 0.05) is 215 Å². The number of rotatable bonds is 27. The molecule has 142 heavy (non-hydrogen) atoms. The Morgan fingerprint density at radius 1 is 0.373 bits per heavy atom. The number of nitrogens with one attached hydrogen (secondary N) is 5. The highest BCUT2D eigenvalue weighted by molar-refractivity contribution is 6.08. The van der Waals surface area contributed by atoms with Crippen LogP contribution in [0.2, 0.25) is 0 Å². The lowest BCUT2D eigenvalue weighted by molar-refractivity contribution is -0.137. The number of hydrogen-bond acceptors (Lipinski definition) is 10. The summed E-state index contributed by atoms with van der Waals surface area (Å²) in [5, 5.41) is 33.7. The number of likely N-dealkylation sites (N-methyl/N-ethyl adjacent to an activating group) is 1. The van der Waals surface area contributed by atoms with Crippen molar-refractivity contribution in [1.29, 1.82) is 0 Å². The van der Waals surface area contributed by atoms with Crippen LogP contribution in [-0.4, -0.2) is 136 Å². The summed E-state index contributed by atoms with van der Waals surface area (Å²) in [6.45, 7) is 55.8. The average molecular weight is 1940 g/mol. The van der Waals surface area contributed by atoms with E-state index in [0.29, 0.717) is 112 Å². The number of anilines is 3. The molecule has 1 aliphatic rings. The summed E-state index contributed by atoms with van der Waals surface area (Å²) < 4.78 is 55.3. The number of hydrogen-bond donors (Lipinski definition) is 5. The maximum atomic E-state index is 12.8. The van der Waals surface area contributed by atoms with Gasteiger partial charge in [-0.25, -0.2) is 0 Å². The Balaban J connectivity index is 0.000000164. The third-order valence-electron chi connectivity index (χ3n) is 25.4. The minimum absolute atomic E-state index is 0.0375. The Labute approximate surface area is 834 Å². The number of carbonyl (C=O) groups excluding carboxylic acids is 7. The second kappa shape index (κ2) is 46.5. The fraction of sp³-hybridized carbons (Fsp3) is 0.439. The molecule has 0 atom stereocenters. The van der Waals surface area contributed by atoms with Gasteiger partial charge < -0.3 is 58.9 Å². The first-order valence-corrected chi connectivity index (χ1v) is 50.0.